The van der Waals surface area contributed by atoms with Gasteiger partial charge in [-0.15, -0.1) is 0 Å². The molecule has 0 radical (unpaired) electrons. The number of sulfonamides is 1. The van der Waals surface area contributed by atoms with E-state index in [1.54, 1.807) is 12.1 Å². The van der Waals surface area contributed by atoms with E-state index >= 15 is 0 Å². The Kier molecular flexibility index (Phi) is 6.74. The van der Waals surface area contributed by atoms with Crippen LogP contribution in [0.3, 0.4) is 0 Å². The lowest BCUT2D eigenvalue weighted by Crippen LogP contribution is -2.24. The van der Waals surface area contributed by atoms with Gasteiger partial charge in [0.1, 0.15) is 0 Å². The Hall–Kier alpha value is -3.20. The van der Waals surface area contributed by atoms with Gasteiger partial charge in [0.2, 0.25) is 10.0 Å². The standard InChI is InChI=1S/C20H18N4O5S2/c1-29-19(26)14-4-7-16-17(12-14)23-20(30-11-9-21)24(18(16)25)10-8-13-2-5-15(6-3-13)31(22,27)28/h2-7,12H,8,10-11H2,1H3,(H2,22,27,28). The summed E-state index contributed by atoms with van der Waals surface area (Å²) in [7, 11) is -2.51. The number of primary sulfonamides is 1. The lowest BCUT2D eigenvalue weighted by atomic mass is 10.1. The lowest BCUT2D eigenvalue weighted by molar-refractivity contribution is 0.0601. The molecule has 0 aliphatic rings. The van der Waals surface area contributed by atoms with Crippen molar-refractivity contribution in [3.05, 3.63) is 63.9 Å². The van der Waals surface area contributed by atoms with Gasteiger partial charge >= 0.3 is 5.97 Å². The number of methoxy groups -OCH3 is 1. The van der Waals surface area contributed by atoms with Gasteiger partial charge in [0.25, 0.3) is 5.56 Å². The van der Waals surface area contributed by atoms with Crippen LogP contribution < -0.4 is 10.7 Å². The third-order valence-electron chi connectivity index (χ3n) is 4.48. The van der Waals surface area contributed by atoms with E-state index in [0.29, 0.717) is 22.5 Å². The average molecular weight is 459 g/mol. The molecule has 160 valence electrons. The second-order valence-corrected chi connectivity index (χ2v) is 8.96. The number of aryl methyl sites for hydroxylation is 1. The Morgan fingerprint density at radius 1 is 1.26 bits per heavy atom. The zero-order valence-electron chi connectivity index (χ0n) is 16.4. The largest absolute Gasteiger partial charge is 0.465 e. The van der Waals surface area contributed by atoms with Gasteiger partial charge in [-0.3, -0.25) is 9.36 Å². The number of benzene rings is 2. The van der Waals surface area contributed by atoms with Gasteiger partial charge in [0.05, 0.1) is 40.3 Å². The molecule has 0 aliphatic heterocycles. The molecular formula is C20H18N4O5S2. The molecule has 0 spiro atoms. The summed E-state index contributed by atoms with van der Waals surface area (Å²) in [6, 6.07) is 12.6. The van der Waals surface area contributed by atoms with Crippen LogP contribution in [0.1, 0.15) is 15.9 Å². The van der Waals surface area contributed by atoms with Crippen molar-refractivity contribution < 1.29 is 17.9 Å². The second kappa shape index (κ2) is 9.30. The molecule has 1 heterocycles. The summed E-state index contributed by atoms with van der Waals surface area (Å²) in [6.45, 7) is 0.267. The van der Waals surface area contributed by atoms with Crippen molar-refractivity contribution >= 4 is 38.7 Å². The maximum Gasteiger partial charge on any atom is 0.337 e. The highest BCUT2D eigenvalue weighted by Crippen LogP contribution is 2.20. The summed E-state index contributed by atoms with van der Waals surface area (Å²) in [4.78, 5) is 29.4. The predicted molar refractivity (Wildman–Crippen MR) is 115 cm³/mol. The van der Waals surface area contributed by atoms with Crippen LogP contribution in [-0.4, -0.2) is 36.8 Å². The van der Waals surface area contributed by atoms with Crippen molar-refractivity contribution in [2.75, 3.05) is 12.9 Å². The Morgan fingerprint density at radius 3 is 2.58 bits per heavy atom. The fourth-order valence-corrected chi connectivity index (χ4v) is 4.14. The normalized spacial score (nSPS) is 11.3. The number of aromatic nitrogens is 2. The molecule has 11 heteroatoms. The molecule has 0 saturated heterocycles. The molecule has 0 fully saturated rings. The van der Waals surface area contributed by atoms with E-state index in [-0.39, 0.29) is 28.3 Å². The number of nitriles is 1. The number of carbonyl (C=O) groups is 1. The fourth-order valence-electron chi connectivity index (χ4n) is 2.94. The van der Waals surface area contributed by atoms with Crippen molar-refractivity contribution in [1.29, 1.82) is 5.26 Å². The molecule has 2 N–H and O–H groups in total. The van der Waals surface area contributed by atoms with Crippen LogP contribution in [0, 0.1) is 11.3 Å². The number of rotatable bonds is 7. The molecule has 0 bridgehead atoms. The highest BCUT2D eigenvalue weighted by atomic mass is 32.2. The Labute approximate surface area is 182 Å². The number of fused-ring (bicyclic) bond motifs is 1. The highest BCUT2D eigenvalue weighted by Gasteiger charge is 2.15. The second-order valence-electron chi connectivity index (χ2n) is 6.46. The molecule has 1 aromatic heterocycles. The van der Waals surface area contributed by atoms with Gasteiger partial charge in [-0.25, -0.2) is 23.3 Å². The number of thioether (sulfide) groups is 1. The van der Waals surface area contributed by atoms with Crippen LogP contribution in [0.15, 0.2) is 57.3 Å². The third-order valence-corrected chi connectivity index (χ3v) is 6.26. The van der Waals surface area contributed by atoms with Crippen molar-refractivity contribution in [3.63, 3.8) is 0 Å². The van der Waals surface area contributed by atoms with E-state index in [2.05, 4.69) is 4.98 Å². The molecule has 9 nitrogen and oxygen atoms in total. The molecule has 3 aromatic rings. The zero-order valence-corrected chi connectivity index (χ0v) is 18.1. The molecule has 0 amide bonds. The van der Waals surface area contributed by atoms with E-state index in [9.17, 15) is 18.0 Å². The zero-order chi connectivity index (χ0) is 22.6. The fraction of sp³-hybridized carbons (Fsp3) is 0.200. The lowest BCUT2D eigenvalue weighted by Gasteiger charge is -2.13. The van der Waals surface area contributed by atoms with Crippen molar-refractivity contribution in [2.24, 2.45) is 5.14 Å². The van der Waals surface area contributed by atoms with Gasteiger partial charge in [0.15, 0.2) is 5.16 Å². The van der Waals surface area contributed by atoms with E-state index in [1.165, 1.54) is 42.0 Å². The molecule has 0 atom stereocenters. The summed E-state index contributed by atoms with van der Waals surface area (Å²) in [5, 5.41) is 14.7. The van der Waals surface area contributed by atoms with Crippen LogP contribution >= 0.6 is 11.8 Å². The first kappa shape index (κ1) is 22.5. The van der Waals surface area contributed by atoms with Crippen LogP contribution in [0.4, 0.5) is 0 Å². The molecule has 2 aromatic carbocycles. The van der Waals surface area contributed by atoms with Gasteiger partial charge in [-0.05, 0) is 42.3 Å². The number of hydrogen-bond acceptors (Lipinski definition) is 8. The molecular weight excluding hydrogens is 440 g/mol. The maximum absolute atomic E-state index is 13.1. The first-order valence-electron chi connectivity index (χ1n) is 8.99. The monoisotopic (exact) mass is 458 g/mol. The van der Waals surface area contributed by atoms with Crippen molar-refractivity contribution in [3.8, 4) is 6.07 Å². The van der Waals surface area contributed by atoms with Gasteiger partial charge in [0, 0.05) is 6.54 Å². The molecule has 31 heavy (non-hydrogen) atoms. The molecule has 0 unspecified atom stereocenters. The highest BCUT2D eigenvalue weighted by molar-refractivity contribution is 7.99. The summed E-state index contributed by atoms with van der Waals surface area (Å²) in [5.74, 6) is -0.445. The maximum atomic E-state index is 13.1. The summed E-state index contributed by atoms with van der Waals surface area (Å²) in [5.41, 5.74) is 1.10. The molecule has 0 aliphatic carbocycles. The predicted octanol–water partition coefficient (Wildman–Crippen LogP) is 1.69. The third kappa shape index (κ3) is 5.11. The average Bonchev–Trinajstić information content (AvgIpc) is 2.76. The number of hydrogen-bond donors (Lipinski definition) is 1. The number of nitrogens with two attached hydrogens (primary N) is 1. The van der Waals surface area contributed by atoms with Gasteiger partial charge in [-0.1, -0.05) is 23.9 Å². The molecule has 0 saturated carbocycles. The minimum atomic E-state index is -3.78. The molecule has 3 rings (SSSR count). The van der Waals surface area contributed by atoms with E-state index in [4.69, 9.17) is 15.1 Å². The quantitative estimate of drug-likeness (QED) is 0.320. The van der Waals surface area contributed by atoms with E-state index in [1.807, 2.05) is 6.07 Å². The smallest absolute Gasteiger partial charge is 0.337 e. The van der Waals surface area contributed by atoms with E-state index in [0.717, 1.165) is 17.3 Å². The van der Waals surface area contributed by atoms with Crippen molar-refractivity contribution in [1.82, 2.24) is 9.55 Å². The SMILES string of the molecule is COC(=O)c1ccc2c(=O)n(CCc3ccc(S(N)(=O)=O)cc3)c(SCC#N)nc2c1. The van der Waals surface area contributed by atoms with Gasteiger partial charge in [-0.2, -0.15) is 5.26 Å². The Morgan fingerprint density at radius 2 is 1.97 bits per heavy atom. The minimum absolute atomic E-state index is 0.00691. The topological polar surface area (TPSA) is 145 Å². The van der Waals surface area contributed by atoms with Crippen LogP contribution in [0.25, 0.3) is 10.9 Å². The van der Waals surface area contributed by atoms with Crippen LogP contribution in [-0.2, 0) is 27.7 Å². The van der Waals surface area contributed by atoms with Crippen LogP contribution in [0.5, 0.6) is 0 Å². The Balaban J connectivity index is 1.97. The minimum Gasteiger partial charge on any atom is -0.465 e. The summed E-state index contributed by atoms with van der Waals surface area (Å²) < 4.78 is 29.0. The first-order valence-corrected chi connectivity index (χ1v) is 11.5. The van der Waals surface area contributed by atoms with E-state index < -0.39 is 16.0 Å². The Bertz CT molecular complexity index is 1340. The van der Waals surface area contributed by atoms with Crippen LogP contribution in [0.2, 0.25) is 0 Å². The number of carbonyl (C=O) groups excluding carboxylic acids is 1. The van der Waals surface area contributed by atoms with Gasteiger partial charge < -0.3 is 4.74 Å². The number of nitrogens with zero attached hydrogens (tertiary/aromatic N) is 3. The summed E-state index contributed by atoms with van der Waals surface area (Å²) in [6.07, 6.45) is 0.429. The number of esters is 1. The van der Waals surface area contributed by atoms with Crippen molar-refractivity contribution in [2.45, 2.75) is 23.0 Å². The summed E-state index contributed by atoms with van der Waals surface area (Å²) >= 11 is 1.12. The first-order chi connectivity index (χ1) is 14.7. The number of ether oxygens (including phenoxy) is 1.